The number of nitrogens with zero attached hydrogens (tertiary/aromatic N) is 3. The molecule has 1 aromatic carbocycles. The highest BCUT2D eigenvalue weighted by Gasteiger charge is 2.13. The van der Waals surface area contributed by atoms with E-state index in [0.717, 1.165) is 28.2 Å². The molecule has 0 saturated heterocycles. The fourth-order valence-electron chi connectivity index (χ4n) is 1.83. The van der Waals surface area contributed by atoms with Gasteiger partial charge in [0.1, 0.15) is 0 Å². The summed E-state index contributed by atoms with van der Waals surface area (Å²) in [6, 6.07) is 8.20. The van der Waals surface area contributed by atoms with Gasteiger partial charge in [0.25, 0.3) is 0 Å². The molecule has 0 bridgehead atoms. The van der Waals surface area contributed by atoms with E-state index in [1.54, 1.807) is 12.4 Å². The van der Waals surface area contributed by atoms with Crippen molar-refractivity contribution in [3.8, 4) is 0 Å². The lowest BCUT2D eigenvalue weighted by atomic mass is 10.2. The highest BCUT2D eigenvalue weighted by molar-refractivity contribution is 9.10. The van der Waals surface area contributed by atoms with Crippen LogP contribution in [0.2, 0.25) is 0 Å². The monoisotopic (exact) mass is 320 g/mol. The number of rotatable bonds is 4. The first-order valence-electron chi connectivity index (χ1n) is 6.15. The third kappa shape index (κ3) is 3.67. The van der Waals surface area contributed by atoms with Gasteiger partial charge in [-0.2, -0.15) is 0 Å². The van der Waals surface area contributed by atoms with Gasteiger partial charge in [0.05, 0.1) is 4.47 Å². The second-order valence-electron chi connectivity index (χ2n) is 4.67. The molecule has 0 fully saturated rings. The maximum absolute atomic E-state index is 5.81. The molecule has 0 amide bonds. The molecule has 100 valence electrons. The summed E-state index contributed by atoms with van der Waals surface area (Å²) in [5.74, 6) is 0.723. The number of halogens is 1. The largest absolute Gasteiger partial charge is 0.399 e. The Morgan fingerprint density at radius 1 is 1.26 bits per heavy atom. The van der Waals surface area contributed by atoms with Crippen LogP contribution in [0, 0.1) is 0 Å². The van der Waals surface area contributed by atoms with Gasteiger partial charge in [0, 0.05) is 30.7 Å². The van der Waals surface area contributed by atoms with E-state index in [9.17, 15) is 0 Å². The molecule has 2 N–H and O–H groups in total. The Labute approximate surface area is 121 Å². The molecular weight excluding hydrogens is 304 g/mol. The SMILES string of the molecule is CC(C)N(Cc1cccc(N)c1)c1ncc(Br)cn1. The standard InChI is InChI=1S/C14H17BrN4/c1-10(2)19(14-17-7-12(15)8-18-14)9-11-4-3-5-13(16)6-11/h3-8,10H,9,16H2,1-2H3. The van der Waals surface area contributed by atoms with Crippen molar-refractivity contribution < 1.29 is 0 Å². The molecule has 19 heavy (non-hydrogen) atoms. The lowest BCUT2D eigenvalue weighted by Crippen LogP contribution is -2.31. The summed E-state index contributed by atoms with van der Waals surface area (Å²) >= 11 is 3.35. The average Bonchev–Trinajstić information content (AvgIpc) is 2.37. The maximum Gasteiger partial charge on any atom is 0.225 e. The van der Waals surface area contributed by atoms with Gasteiger partial charge in [0.2, 0.25) is 5.95 Å². The Kier molecular flexibility index (Phi) is 4.37. The van der Waals surface area contributed by atoms with Crippen LogP contribution < -0.4 is 10.6 Å². The molecule has 0 atom stereocenters. The molecule has 0 unspecified atom stereocenters. The molecule has 2 aromatic rings. The predicted molar refractivity (Wildman–Crippen MR) is 81.9 cm³/mol. The second kappa shape index (κ2) is 6.02. The minimum Gasteiger partial charge on any atom is -0.399 e. The van der Waals surface area contributed by atoms with E-state index < -0.39 is 0 Å². The molecular formula is C14H17BrN4. The van der Waals surface area contributed by atoms with E-state index in [0.29, 0.717) is 6.04 Å². The van der Waals surface area contributed by atoms with Crippen LogP contribution in [0.15, 0.2) is 41.1 Å². The first-order valence-corrected chi connectivity index (χ1v) is 6.94. The Bertz CT molecular complexity index is 539. The summed E-state index contributed by atoms with van der Waals surface area (Å²) in [6.07, 6.45) is 3.52. The highest BCUT2D eigenvalue weighted by Crippen LogP contribution is 2.18. The van der Waals surface area contributed by atoms with Crippen LogP contribution in [0.4, 0.5) is 11.6 Å². The molecule has 0 aliphatic carbocycles. The summed E-state index contributed by atoms with van der Waals surface area (Å²) in [6.45, 7) is 4.99. The third-order valence-electron chi connectivity index (χ3n) is 2.79. The van der Waals surface area contributed by atoms with E-state index >= 15 is 0 Å². The maximum atomic E-state index is 5.81. The molecule has 1 heterocycles. The minimum absolute atomic E-state index is 0.308. The number of benzene rings is 1. The summed E-state index contributed by atoms with van der Waals surface area (Å²) < 4.78 is 0.879. The number of anilines is 2. The first kappa shape index (κ1) is 13.8. The smallest absolute Gasteiger partial charge is 0.225 e. The molecule has 2 rings (SSSR count). The topological polar surface area (TPSA) is 55.0 Å². The predicted octanol–water partition coefficient (Wildman–Crippen LogP) is 3.24. The summed E-state index contributed by atoms with van der Waals surface area (Å²) in [5, 5.41) is 0. The second-order valence-corrected chi connectivity index (χ2v) is 5.58. The van der Waals surface area contributed by atoms with Crippen molar-refractivity contribution in [2.24, 2.45) is 0 Å². The van der Waals surface area contributed by atoms with E-state index in [1.807, 2.05) is 18.2 Å². The molecule has 0 aliphatic heterocycles. The molecule has 0 spiro atoms. The van der Waals surface area contributed by atoms with Crippen LogP contribution >= 0.6 is 15.9 Å². The lowest BCUT2D eigenvalue weighted by molar-refractivity contribution is 0.660. The van der Waals surface area contributed by atoms with Gasteiger partial charge in [-0.3, -0.25) is 0 Å². The Hall–Kier alpha value is -1.62. The first-order chi connectivity index (χ1) is 9.06. The van der Waals surface area contributed by atoms with Crippen LogP contribution in [0.5, 0.6) is 0 Å². The fourth-order valence-corrected chi connectivity index (χ4v) is 2.03. The van der Waals surface area contributed by atoms with Crippen LogP contribution in [0.25, 0.3) is 0 Å². The van der Waals surface area contributed by atoms with Crippen LogP contribution in [-0.2, 0) is 6.54 Å². The van der Waals surface area contributed by atoms with Gasteiger partial charge in [-0.05, 0) is 47.5 Å². The number of hydrogen-bond acceptors (Lipinski definition) is 4. The number of nitrogens with two attached hydrogens (primary N) is 1. The molecule has 0 saturated carbocycles. The van der Waals surface area contributed by atoms with Gasteiger partial charge < -0.3 is 10.6 Å². The van der Waals surface area contributed by atoms with Crippen molar-refractivity contribution in [3.05, 3.63) is 46.7 Å². The van der Waals surface area contributed by atoms with Crippen molar-refractivity contribution >= 4 is 27.6 Å². The van der Waals surface area contributed by atoms with Gasteiger partial charge >= 0.3 is 0 Å². The Balaban J connectivity index is 2.23. The quantitative estimate of drug-likeness (QED) is 0.879. The number of aromatic nitrogens is 2. The summed E-state index contributed by atoms with van der Waals surface area (Å²) in [5.41, 5.74) is 7.74. The third-order valence-corrected chi connectivity index (χ3v) is 3.20. The van der Waals surface area contributed by atoms with Crippen LogP contribution in [0.1, 0.15) is 19.4 Å². The van der Waals surface area contributed by atoms with E-state index in [1.165, 1.54) is 0 Å². The molecule has 0 radical (unpaired) electrons. The van der Waals surface area contributed by atoms with Crippen molar-refractivity contribution in [2.75, 3.05) is 10.6 Å². The van der Waals surface area contributed by atoms with Gasteiger partial charge in [-0.15, -0.1) is 0 Å². The van der Waals surface area contributed by atoms with Gasteiger partial charge in [0.15, 0.2) is 0 Å². The molecule has 0 aliphatic rings. The fraction of sp³-hybridized carbons (Fsp3) is 0.286. The Morgan fingerprint density at radius 3 is 2.53 bits per heavy atom. The van der Waals surface area contributed by atoms with Crippen molar-refractivity contribution in [1.82, 2.24) is 9.97 Å². The van der Waals surface area contributed by atoms with Crippen LogP contribution in [-0.4, -0.2) is 16.0 Å². The highest BCUT2D eigenvalue weighted by atomic mass is 79.9. The zero-order valence-corrected chi connectivity index (χ0v) is 12.6. The normalized spacial score (nSPS) is 10.7. The van der Waals surface area contributed by atoms with Gasteiger partial charge in [-0.25, -0.2) is 9.97 Å². The van der Waals surface area contributed by atoms with E-state index in [-0.39, 0.29) is 0 Å². The van der Waals surface area contributed by atoms with Crippen molar-refractivity contribution in [1.29, 1.82) is 0 Å². The number of hydrogen-bond donors (Lipinski definition) is 1. The molecule has 1 aromatic heterocycles. The molecule has 5 heteroatoms. The summed E-state index contributed by atoms with van der Waals surface area (Å²) in [4.78, 5) is 10.9. The Morgan fingerprint density at radius 2 is 1.95 bits per heavy atom. The van der Waals surface area contributed by atoms with E-state index in [4.69, 9.17) is 5.73 Å². The average molecular weight is 321 g/mol. The van der Waals surface area contributed by atoms with Crippen LogP contribution in [0.3, 0.4) is 0 Å². The lowest BCUT2D eigenvalue weighted by Gasteiger charge is -2.26. The zero-order chi connectivity index (χ0) is 13.8. The van der Waals surface area contributed by atoms with Crippen molar-refractivity contribution in [3.63, 3.8) is 0 Å². The summed E-state index contributed by atoms with van der Waals surface area (Å²) in [7, 11) is 0. The van der Waals surface area contributed by atoms with E-state index in [2.05, 4.69) is 50.7 Å². The van der Waals surface area contributed by atoms with Gasteiger partial charge in [-0.1, -0.05) is 12.1 Å². The minimum atomic E-state index is 0.308. The number of nitrogen functional groups attached to an aromatic ring is 1. The molecule has 4 nitrogen and oxygen atoms in total. The van der Waals surface area contributed by atoms with Crippen molar-refractivity contribution in [2.45, 2.75) is 26.4 Å². The zero-order valence-electron chi connectivity index (χ0n) is 11.0.